The molecular weight excluding hydrogens is 262 g/mol. The van der Waals surface area contributed by atoms with Crippen LogP contribution in [0.4, 0.5) is 0 Å². The zero-order valence-electron chi connectivity index (χ0n) is 11.3. The van der Waals surface area contributed by atoms with Crippen molar-refractivity contribution in [3.8, 4) is 0 Å². The second kappa shape index (κ2) is 5.83. The predicted octanol–water partition coefficient (Wildman–Crippen LogP) is 1.77. The van der Waals surface area contributed by atoms with Gasteiger partial charge in [0.1, 0.15) is 0 Å². The summed E-state index contributed by atoms with van der Waals surface area (Å²) >= 11 is 1.50. The van der Waals surface area contributed by atoms with Crippen LogP contribution in [0.3, 0.4) is 0 Å². The summed E-state index contributed by atoms with van der Waals surface area (Å²) in [6.07, 6.45) is 6.16. The van der Waals surface area contributed by atoms with Crippen molar-refractivity contribution in [1.29, 1.82) is 0 Å². The molecule has 2 atom stereocenters. The van der Waals surface area contributed by atoms with Gasteiger partial charge in [-0.05, 0) is 50.2 Å². The number of nitrogens with one attached hydrogen (secondary N) is 1. The van der Waals surface area contributed by atoms with Crippen LogP contribution < -0.4 is 5.32 Å². The first-order valence-electron chi connectivity index (χ1n) is 6.99. The Hall–Kier alpha value is -0.560. The first-order valence-corrected chi connectivity index (χ1v) is 7.76. The summed E-state index contributed by atoms with van der Waals surface area (Å²) < 4.78 is 15.6. The van der Waals surface area contributed by atoms with E-state index in [9.17, 15) is 0 Å². The number of ether oxygens (including phenoxy) is 2. The Kier molecular flexibility index (Phi) is 4.12. The molecule has 1 aromatic rings. The Morgan fingerprint density at radius 1 is 1.42 bits per heavy atom. The molecule has 2 aliphatic rings. The van der Waals surface area contributed by atoms with Crippen LogP contribution in [0.5, 0.6) is 0 Å². The van der Waals surface area contributed by atoms with Gasteiger partial charge in [-0.15, -0.1) is 5.10 Å². The van der Waals surface area contributed by atoms with Crippen molar-refractivity contribution in [3.63, 3.8) is 0 Å². The van der Waals surface area contributed by atoms with E-state index in [4.69, 9.17) is 9.47 Å². The van der Waals surface area contributed by atoms with Crippen molar-refractivity contribution in [3.05, 3.63) is 11.1 Å². The molecule has 19 heavy (non-hydrogen) atoms. The monoisotopic (exact) mass is 283 g/mol. The molecule has 0 aromatic carbocycles. The van der Waals surface area contributed by atoms with Gasteiger partial charge in [0.15, 0.2) is 0 Å². The Balaban J connectivity index is 1.73. The van der Waals surface area contributed by atoms with E-state index in [2.05, 4.69) is 14.9 Å². The average Bonchev–Trinajstić information content (AvgIpc) is 2.95. The largest absolute Gasteiger partial charge is 0.381 e. The lowest BCUT2D eigenvalue weighted by atomic mass is 9.77. The molecule has 1 N–H and O–H groups in total. The van der Waals surface area contributed by atoms with Crippen LogP contribution in [0.1, 0.15) is 36.6 Å². The zero-order valence-corrected chi connectivity index (χ0v) is 12.1. The summed E-state index contributed by atoms with van der Waals surface area (Å²) in [5.41, 5.74) is 0.0500. The van der Waals surface area contributed by atoms with Gasteiger partial charge in [-0.3, -0.25) is 0 Å². The van der Waals surface area contributed by atoms with Crippen molar-refractivity contribution >= 4 is 11.5 Å². The summed E-state index contributed by atoms with van der Waals surface area (Å²) in [7, 11) is 2.02. The molecule has 1 aromatic heterocycles. The van der Waals surface area contributed by atoms with Gasteiger partial charge in [-0.25, -0.2) is 0 Å². The van der Waals surface area contributed by atoms with Crippen molar-refractivity contribution in [2.45, 2.75) is 37.3 Å². The first kappa shape index (κ1) is 13.4. The zero-order chi connectivity index (χ0) is 13.1. The first-order chi connectivity index (χ1) is 9.33. The molecule has 3 heterocycles. The molecule has 2 aliphatic heterocycles. The number of nitrogens with zero attached hydrogens (tertiary/aromatic N) is 2. The number of aromatic nitrogens is 2. The summed E-state index contributed by atoms with van der Waals surface area (Å²) in [5.74, 6) is 0.596. The second-order valence-corrected chi connectivity index (χ2v) is 6.30. The molecule has 0 radical (unpaired) electrons. The van der Waals surface area contributed by atoms with Crippen LogP contribution in [0.25, 0.3) is 0 Å². The van der Waals surface area contributed by atoms with E-state index in [1.54, 1.807) is 0 Å². The lowest BCUT2D eigenvalue weighted by Gasteiger charge is -2.45. The Labute approximate surface area is 117 Å². The number of hydrogen-bond acceptors (Lipinski definition) is 6. The summed E-state index contributed by atoms with van der Waals surface area (Å²) in [4.78, 5) is 1.23. The third kappa shape index (κ3) is 2.81. The molecule has 0 saturated carbocycles. The molecule has 0 aliphatic carbocycles. The third-order valence-electron chi connectivity index (χ3n) is 4.40. The maximum Gasteiger partial charge on any atom is 0.0729 e. The van der Waals surface area contributed by atoms with E-state index in [0.29, 0.717) is 12.0 Å². The molecule has 6 heteroatoms. The lowest BCUT2D eigenvalue weighted by Crippen LogP contribution is -2.46. The summed E-state index contributed by atoms with van der Waals surface area (Å²) in [5, 5.41) is 7.41. The maximum atomic E-state index is 6.11. The topological polar surface area (TPSA) is 56.3 Å². The highest BCUT2D eigenvalue weighted by Gasteiger charge is 2.41. The predicted molar refractivity (Wildman–Crippen MR) is 73.2 cm³/mol. The average molecular weight is 283 g/mol. The fourth-order valence-electron chi connectivity index (χ4n) is 3.36. The summed E-state index contributed by atoms with van der Waals surface area (Å²) in [6, 6.07) is 0.351. The highest BCUT2D eigenvalue weighted by molar-refractivity contribution is 7.05. The van der Waals surface area contributed by atoms with Crippen LogP contribution in [0.15, 0.2) is 6.20 Å². The SMILES string of the molecule is CNC(c1cnns1)C1CCOC2(CCOCC2)C1. The molecule has 1 spiro atoms. The van der Waals surface area contributed by atoms with Gasteiger partial charge in [0.25, 0.3) is 0 Å². The second-order valence-electron chi connectivity index (χ2n) is 5.48. The number of hydrogen-bond donors (Lipinski definition) is 1. The van der Waals surface area contributed by atoms with E-state index in [0.717, 1.165) is 45.5 Å². The third-order valence-corrected chi connectivity index (χ3v) is 5.15. The fraction of sp³-hybridized carbons (Fsp3) is 0.846. The Morgan fingerprint density at radius 2 is 2.26 bits per heavy atom. The van der Waals surface area contributed by atoms with E-state index in [1.165, 1.54) is 16.4 Å². The molecule has 2 fully saturated rings. The smallest absolute Gasteiger partial charge is 0.0729 e. The highest BCUT2D eigenvalue weighted by Crippen LogP contribution is 2.42. The molecule has 0 bridgehead atoms. The molecule has 5 nitrogen and oxygen atoms in total. The van der Waals surface area contributed by atoms with Crippen molar-refractivity contribution in [2.24, 2.45) is 5.92 Å². The van der Waals surface area contributed by atoms with Gasteiger partial charge < -0.3 is 14.8 Å². The van der Waals surface area contributed by atoms with Gasteiger partial charge >= 0.3 is 0 Å². The van der Waals surface area contributed by atoms with Gasteiger partial charge in [0, 0.05) is 25.9 Å². The quantitative estimate of drug-likeness (QED) is 0.916. The van der Waals surface area contributed by atoms with Gasteiger partial charge in [-0.2, -0.15) is 0 Å². The summed E-state index contributed by atoms with van der Waals surface area (Å²) in [6.45, 7) is 2.52. The molecule has 3 rings (SSSR count). The van der Waals surface area contributed by atoms with Crippen LogP contribution in [0, 0.1) is 5.92 Å². The van der Waals surface area contributed by atoms with Gasteiger partial charge in [0.2, 0.25) is 0 Å². The standard InChI is InChI=1S/C13H21N3O2S/c1-14-12(11-9-15-16-19-11)10-2-5-18-13(8-10)3-6-17-7-4-13/h9-10,12,14H,2-8H2,1H3. The van der Waals surface area contributed by atoms with Crippen LogP contribution in [0.2, 0.25) is 0 Å². The molecule has 2 saturated heterocycles. The van der Waals surface area contributed by atoms with Crippen molar-refractivity contribution in [2.75, 3.05) is 26.9 Å². The van der Waals surface area contributed by atoms with E-state index in [-0.39, 0.29) is 5.60 Å². The van der Waals surface area contributed by atoms with E-state index in [1.807, 2.05) is 13.2 Å². The van der Waals surface area contributed by atoms with Crippen LogP contribution in [-0.4, -0.2) is 42.1 Å². The van der Waals surface area contributed by atoms with E-state index >= 15 is 0 Å². The Morgan fingerprint density at radius 3 is 2.95 bits per heavy atom. The van der Waals surface area contributed by atoms with Crippen LogP contribution in [-0.2, 0) is 9.47 Å². The van der Waals surface area contributed by atoms with E-state index < -0.39 is 0 Å². The molecule has 106 valence electrons. The minimum Gasteiger partial charge on any atom is -0.381 e. The lowest BCUT2D eigenvalue weighted by molar-refractivity contribution is -0.150. The van der Waals surface area contributed by atoms with Crippen molar-refractivity contribution < 1.29 is 9.47 Å². The Bertz CT molecular complexity index is 387. The van der Waals surface area contributed by atoms with Gasteiger partial charge in [-0.1, -0.05) is 4.49 Å². The maximum absolute atomic E-state index is 6.11. The van der Waals surface area contributed by atoms with Crippen LogP contribution >= 0.6 is 11.5 Å². The molecule has 2 unspecified atom stereocenters. The van der Waals surface area contributed by atoms with Crippen molar-refractivity contribution in [1.82, 2.24) is 14.9 Å². The highest BCUT2D eigenvalue weighted by atomic mass is 32.1. The normalized spacial score (nSPS) is 28.4. The fourth-order valence-corrected chi connectivity index (χ4v) is 4.07. The molecular formula is C13H21N3O2S. The number of rotatable bonds is 3. The molecule has 0 amide bonds. The van der Waals surface area contributed by atoms with Gasteiger partial charge in [0.05, 0.1) is 16.7 Å². The minimum absolute atomic E-state index is 0.0500. The minimum atomic E-state index is 0.0500.